The quantitative estimate of drug-likeness (QED) is 0.0403. The molecule has 0 heterocycles. The largest absolute Gasteiger partial charge is 0.353 e. The normalized spacial score (nSPS) is 11.9. The highest BCUT2D eigenvalue weighted by atomic mass is 79.9. The molecule has 0 aromatic carbocycles. The molecule has 204 valence electrons. The maximum absolute atomic E-state index is 6.19. The molecule has 0 fully saturated rings. The number of ether oxygens (including phenoxy) is 2. The van der Waals surface area contributed by atoms with Crippen LogP contribution in [0.15, 0.2) is 12.2 Å². The van der Waals surface area contributed by atoms with Gasteiger partial charge in [0.1, 0.15) is 0 Å². The van der Waals surface area contributed by atoms with Crippen molar-refractivity contribution in [3.8, 4) is 0 Å². The van der Waals surface area contributed by atoms with Crippen LogP contribution in [0.1, 0.15) is 162 Å². The summed E-state index contributed by atoms with van der Waals surface area (Å²) >= 11 is 3.49. The van der Waals surface area contributed by atoms with Crippen LogP contribution in [0.3, 0.4) is 0 Å². The first-order valence-electron chi connectivity index (χ1n) is 15.3. The highest BCUT2D eigenvalue weighted by Gasteiger charge is 2.09. The Balaban J connectivity index is 3.90. The third-order valence-corrected chi connectivity index (χ3v) is 7.15. The molecule has 0 aliphatic carbocycles. The Morgan fingerprint density at radius 3 is 1.38 bits per heavy atom. The lowest BCUT2D eigenvalue weighted by Crippen LogP contribution is -2.19. The molecule has 0 saturated heterocycles. The Kier molecular flexibility index (Phi) is 31.3. The average molecular weight is 546 g/mol. The molecule has 0 spiro atoms. The highest BCUT2D eigenvalue weighted by Crippen LogP contribution is 2.14. The van der Waals surface area contributed by atoms with Crippen LogP contribution < -0.4 is 0 Å². The zero-order chi connectivity index (χ0) is 24.8. The summed E-state index contributed by atoms with van der Waals surface area (Å²) < 4.78 is 12.4. The number of hydrogen-bond acceptors (Lipinski definition) is 2. The second kappa shape index (κ2) is 31.2. The number of rotatable bonds is 29. The summed E-state index contributed by atoms with van der Waals surface area (Å²) in [6, 6.07) is 0. The first kappa shape index (κ1) is 34.1. The fraction of sp³-hybridized carbons (Fsp3) is 0.935. The summed E-state index contributed by atoms with van der Waals surface area (Å²) in [6.07, 6.45) is 34.8. The lowest BCUT2D eigenvalue weighted by molar-refractivity contribution is -0.148. The van der Waals surface area contributed by atoms with Gasteiger partial charge in [-0.05, 0) is 51.4 Å². The van der Waals surface area contributed by atoms with E-state index in [4.69, 9.17) is 9.47 Å². The summed E-state index contributed by atoms with van der Waals surface area (Å²) in [4.78, 5) is 0. The van der Waals surface area contributed by atoms with E-state index in [1.165, 1.54) is 141 Å². The zero-order valence-electron chi connectivity index (χ0n) is 23.3. The van der Waals surface area contributed by atoms with Gasteiger partial charge >= 0.3 is 0 Å². The predicted octanol–water partition coefficient (Wildman–Crippen LogP) is 11.3. The van der Waals surface area contributed by atoms with Gasteiger partial charge in [-0.15, -0.1) is 0 Å². The third-order valence-electron chi connectivity index (χ3n) is 6.58. The van der Waals surface area contributed by atoms with Gasteiger partial charge in [0.15, 0.2) is 6.29 Å². The van der Waals surface area contributed by atoms with E-state index in [1.54, 1.807) is 0 Å². The molecule has 0 unspecified atom stereocenters. The second-order valence-electron chi connectivity index (χ2n) is 10.1. The lowest BCUT2D eigenvalue weighted by Gasteiger charge is -2.19. The number of allylic oxidation sites excluding steroid dienone is 2. The molecular formula is C31H61BrO2. The van der Waals surface area contributed by atoms with Gasteiger partial charge in [0.2, 0.25) is 0 Å². The predicted molar refractivity (Wildman–Crippen MR) is 156 cm³/mol. The van der Waals surface area contributed by atoms with Crippen molar-refractivity contribution in [3.05, 3.63) is 12.2 Å². The van der Waals surface area contributed by atoms with Crippen LogP contribution in [0.25, 0.3) is 0 Å². The number of halogens is 1. The molecule has 0 aliphatic heterocycles. The van der Waals surface area contributed by atoms with Crippen molar-refractivity contribution in [1.29, 1.82) is 0 Å². The fourth-order valence-corrected chi connectivity index (χ4v) is 4.62. The van der Waals surface area contributed by atoms with Crippen molar-refractivity contribution in [2.24, 2.45) is 0 Å². The van der Waals surface area contributed by atoms with E-state index < -0.39 is 0 Å². The Morgan fingerprint density at radius 2 is 0.912 bits per heavy atom. The van der Waals surface area contributed by atoms with Gasteiger partial charge < -0.3 is 9.47 Å². The zero-order valence-corrected chi connectivity index (χ0v) is 24.9. The van der Waals surface area contributed by atoms with Crippen molar-refractivity contribution in [3.63, 3.8) is 0 Å². The minimum Gasteiger partial charge on any atom is -0.353 e. The molecule has 0 rings (SSSR count). The molecule has 0 aliphatic rings. The summed E-state index contributed by atoms with van der Waals surface area (Å²) in [5, 5.41) is 1.11. The van der Waals surface area contributed by atoms with Gasteiger partial charge in [-0.1, -0.05) is 138 Å². The van der Waals surface area contributed by atoms with Crippen molar-refractivity contribution in [1.82, 2.24) is 0 Å². The van der Waals surface area contributed by atoms with E-state index in [2.05, 4.69) is 41.9 Å². The van der Waals surface area contributed by atoms with Gasteiger partial charge in [-0.2, -0.15) is 0 Å². The molecule has 0 bridgehead atoms. The van der Waals surface area contributed by atoms with Crippen LogP contribution in [0.4, 0.5) is 0 Å². The number of alkyl halides is 1. The molecule has 0 atom stereocenters. The van der Waals surface area contributed by atoms with E-state index in [0.717, 1.165) is 25.0 Å². The smallest absolute Gasteiger partial charge is 0.157 e. The minimum atomic E-state index is 0.0172. The Morgan fingerprint density at radius 1 is 0.500 bits per heavy atom. The SMILES string of the molecule is CCCCCCCCCCOC(CCCCC/C=C\CCCBr)OCCCCCCCCCC. The highest BCUT2D eigenvalue weighted by molar-refractivity contribution is 9.09. The van der Waals surface area contributed by atoms with E-state index in [9.17, 15) is 0 Å². The summed E-state index contributed by atoms with van der Waals surface area (Å²) in [5.41, 5.74) is 0. The summed E-state index contributed by atoms with van der Waals surface area (Å²) in [7, 11) is 0. The monoisotopic (exact) mass is 544 g/mol. The molecule has 0 saturated carbocycles. The minimum absolute atomic E-state index is 0.0172. The van der Waals surface area contributed by atoms with Crippen LogP contribution in [0, 0.1) is 0 Å². The molecule has 0 aromatic heterocycles. The van der Waals surface area contributed by atoms with Crippen molar-refractivity contribution < 1.29 is 9.47 Å². The van der Waals surface area contributed by atoms with E-state index in [-0.39, 0.29) is 6.29 Å². The van der Waals surface area contributed by atoms with Gasteiger partial charge in [0.05, 0.1) is 0 Å². The average Bonchev–Trinajstić information content (AvgIpc) is 2.85. The summed E-state index contributed by atoms with van der Waals surface area (Å²) in [5.74, 6) is 0. The molecule has 0 N–H and O–H groups in total. The van der Waals surface area contributed by atoms with Crippen LogP contribution >= 0.6 is 15.9 Å². The van der Waals surface area contributed by atoms with Crippen LogP contribution in [0.5, 0.6) is 0 Å². The van der Waals surface area contributed by atoms with Gasteiger partial charge in [-0.25, -0.2) is 0 Å². The first-order chi connectivity index (χ1) is 16.8. The standard InChI is InChI=1S/C31H61BrO2/c1-3-5-7-9-11-17-21-25-29-33-31(27-23-19-15-13-14-16-20-24-28-32)34-30-26-22-18-12-10-8-6-4-2/h14,16,31H,3-13,15,17-30H2,1-2H3/b16-14-. The first-order valence-corrected chi connectivity index (χ1v) is 16.4. The fourth-order valence-electron chi connectivity index (χ4n) is 4.30. The second-order valence-corrected chi connectivity index (χ2v) is 10.9. The molecular weight excluding hydrogens is 484 g/mol. The van der Waals surface area contributed by atoms with E-state index in [1.807, 2.05) is 0 Å². The van der Waals surface area contributed by atoms with Crippen LogP contribution in [-0.4, -0.2) is 24.8 Å². The Hall–Kier alpha value is 0.140. The van der Waals surface area contributed by atoms with Crippen molar-refractivity contribution in [2.45, 2.75) is 168 Å². The third kappa shape index (κ3) is 28.4. The number of hydrogen-bond donors (Lipinski definition) is 0. The van der Waals surface area contributed by atoms with Gasteiger partial charge in [0.25, 0.3) is 0 Å². The summed E-state index contributed by atoms with van der Waals surface area (Å²) in [6.45, 7) is 6.31. The molecule has 34 heavy (non-hydrogen) atoms. The number of unbranched alkanes of at least 4 members (excludes halogenated alkanes) is 18. The van der Waals surface area contributed by atoms with Gasteiger partial charge in [0, 0.05) is 18.5 Å². The Labute approximate surface area is 223 Å². The molecule has 0 radical (unpaired) electrons. The van der Waals surface area contributed by atoms with Crippen molar-refractivity contribution >= 4 is 15.9 Å². The molecule has 2 nitrogen and oxygen atoms in total. The molecule has 0 amide bonds. The molecule has 0 aromatic rings. The van der Waals surface area contributed by atoms with E-state index in [0.29, 0.717) is 0 Å². The maximum Gasteiger partial charge on any atom is 0.157 e. The lowest BCUT2D eigenvalue weighted by atomic mass is 10.1. The molecule has 3 heteroatoms. The van der Waals surface area contributed by atoms with Crippen LogP contribution in [-0.2, 0) is 9.47 Å². The van der Waals surface area contributed by atoms with Crippen LogP contribution in [0.2, 0.25) is 0 Å². The van der Waals surface area contributed by atoms with Gasteiger partial charge in [-0.3, -0.25) is 0 Å². The maximum atomic E-state index is 6.19. The van der Waals surface area contributed by atoms with Crippen molar-refractivity contribution in [2.75, 3.05) is 18.5 Å². The van der Waals surface area contributed by atoms with E-state index >= 15 is 0 Å². The topological polar surface area (TPSA) is 18.5 Å². The Bertz CT molecular complexity index is 364.